The molecule has 0 unspecified atom stereocenters. The number of likely N-dealkylation sites (tertiary alicyclic amines) is 1. The van der Waals surface area contributed by atoms with Crippen LogP contribution in [-0.4, -0.2) is 23.9 Å². The van der Waals surface area contributed by atoms with Crippen molar-refractivity contribution in [3.63, 3.8) is 0 Å². The number of amides is 1. The van der Waals surface area contributed by atoms with Crippen LogP contribution in [0, 0.1) is 0 Å². The molecule has 0 aromatic heterocycles. The molecule has 1 amide bonds. The smallest absolute Gasteiger partial charge is 0.254 e. The third kappa shape index (κ3) is 8.80. The molecule has 28 heavy (non-hydrogen) atoms. The van der Waals surface area contributed by atoms with Gasteiger partial charge in [0.2, 0.25) is 0 Å². The molecule has 0 bridgehead atoms. The van der Waals surface area contributed by atoms with Crippen LogP contribution in [0.4, 0.5) is 0 Å². The van der Waals surface area contributed by atoms with Gasteiger partial charge in [-0.1, -0.05) is 95.8 Å². The molecule has 0 saturated carbocycles. The van der Waals surface area contributed by atoms with E-state index in [1.165, 1.54) is 89.0 Å². The van der Waals surface area contributed by atoms with Crippen LogP contribution in [-0.2, 0) is 6.42 Å². The van der Waals surface area contributed by atoms with E-state index in [4.69, 9.17) is 0 Å². The van der Waals surface area contributed by atoms with Gasteiger partial charge in [-0.15, -0.1) is 0 Å². The Morgan fingerprint density at radius 3 is 1.89 bits per heavy atom. The van der Waals surface area contributed by atoms with Crippen molar-refractivity contribution in [3.8, 4) is 0 Å². The monoisotopic (exact) mass is 385 g/mol. The Kier molecular flexibility index (Phi) is 12.0. The number of hydrogen-bond acceptors (Lipinski definition) is 1. The predicted octanol–water partition coefficient (Wildman–Crippen LogP) is 7.56. The summed E-state index contributed by atoms with van der Waals surface area (Å²) in [6.07, 6.45) is 21.2. The number of nitrogens with zero attached hydrogens (tertiary/aromatic N) is 1. The van der Waals surface area contributed by atoms with Gasteiger partial charge in [0.1, 0.15) is 0 Å². The maximum absolute atomic E-state index is 12.9. The molecule has 0 spiro atoms. The van der Waals surface area contributed by atoms with Crippen molar-refractivity contribution in [2.24, 2.45) is 0 Å². The first-order chi connectivity index (χ1) is 13.8. The fourth-order valence-electron chi connectivity index (χ4n) is 4.37. The van der Waals surface area contributed by atoms with E-state index in [2.05, 4.69) is 24.0 Å². The van der Waals surface area contributed by atoms with E-state index in [0.717, 1.165) is 37.9 Å². The van der Waals surface area contributed by atoms with Gasteiger partial charge in [0.15, 0.2) is 0 Å². The van der Waals surface area contributed by atoms with Gasteiger partial charge in [-0.25, -0.2) is 0 Å². The first-order valence-corrected chi connectivity index (χ1v) is 12.2. The lowest BCUT2D eigenvalue weighted by molar-refractivity contribution is 0.0723. The van der Waals surface area contributed by atoms with E-state index in [0.29, 0.717) is 0 Å². The number of carbonyl (C=O) groups excluding carboxylic acids is 1. The summed E-state index contributed by atoms with van der Waals surface area (Å²) in [4.78, 5) is 14.9. The summed E-state index contributed by atoms with van der Waals surface area (Å²) in [5.74, 6) is 0.259. The highest BCUT2D eigenvalue weighted by Crippen LogP contribution is 2.19. The lowest BCUT2D eigenvalue weighted by atomic mass is 9.98. The van der Waals surface area contributed by atoms with Crippen LogP contribution in [0.2, 0.25) is 0 Å². The zero-order chi connectivity index (χ0) is 19.9. The van der Waals surface area contributed by atoms with E-state index in [1.54, 1.807) is 0 Å². The van der Waals surface area contributed by atoms with Gasteiger partial charge in [-0.05, 0) is 43.7 Å². The Bertz CT molecular complexity index is 533. The van der Waals surface area contributed by atoms with Crippen LogP contribution in [0.15, 0.2) is 24.3 Å². The summed E-state index contributed by atoms with van der Waals surface area (Å²) < 4.78 is 0. The van der Waals surface area contributed by atoms with Gasteiger partial charge in [0.05, 0.1) is 0 Å². The highest BCUT2D eigenvalue weighted by atomic mass is 16.2. The second-order valence-corrected chi connectivity index (χ2v) is 8.65. The molecule has 2 nitrogen and oxygen atoms in total. The molecule has 1 aromatic rings. The standard InChI is InChI=1S/C26H43NO/c1-2-3-4-5-6-7-8-9-10-11-12-14-19-24-20-15-16-21-25(24)26(28)27-22-17-13-18-23-27/h15-16,20-21H,2-14,17-19,22-23H2,1H3. The number of carbonyl (C=O) groups is 1. The Balaban J connectivity index is 1.57. The Morgan fingerprint density at radius 1 is 0.750 bits per heavy atom. The van der Waals surface area contributed by atoms with Crippen LogP contribution in [0.3, 0.4) is 0 Å². The normalized spacial score (nSPS) is 14.4. The number of hydrogen-bond donors (Lipinski definition) is 0. The molecule has 158 valence electrons. The minimum Gasteiger partial charge on any atom is -0.339 e. The molecule has 0 atom stereocenters. The van der Waals surface area contributed by atoms with Crippen molar-refractivity contribution in [1.82, 2.24) is 4.90 Å². The van der Waals surface area contributed by atoms with E-state index < -0.39 is 0 Å². The fourth-order valence-corrected chi connectivity index (χ4v) is 4.37. The summed E-state index contributed by atoms with van der Waals surface area (Å²) in [6.45, 7) is 4.16. The second kappa shape index (κ2) is 14.7. The van der Waals surface area contributed by atoms with Gasteiger partial charge in [-0.2, -0.15) is 0 Å². The molecule has 1 aliphatic heterocycles. The number of unbranched alkanes of at least 4 members (excludes halogenated alkanes) is 11. The zero-order valence-electron chi connectivity index (χ0n) is 18.4. The van der Waals surface area contributed by atoms with Gasteiger partial charge in [-0.3, -0.25) is 4.79 Å². The van der Waals surface area contributed by atoms with Crippen LogP contribution < -0.4 is 0 Å². The number of aryl methyl sites for hydroxylation is 1. The number of benzene rings is 1. The Labute approximate surface area is 174 Å². The molecule has 1 aromatic carbocycles. The SMILES string of the molecule is CCCCCCCCCCCCCCc1ccccc1C(=O)N1CCCCC1. The third-order valence-corrected chi connectivity index (χ3v) is 6.19. The molecular weight excluding hydrogens is 342 g/mol. The van der Waals surface area contributed by atoms with Crippen molar-refractivity contribution in [2.45, 2.75) is 110 Å². The minimum atomic E-state index is 0.259. The van der Waals surface area contributed by atoms with Gasteiger partial charge in [0.25, 0.3) is 5.91 Å². The first-order valence-electron chi connectivity index (χ1n) is 12.2. The maximum atomic E-state index is 12.9. The highest BCUT2D eigenvalue weighted by Gasteiger charge is 2.20. The predicted molar refractivity (Wildman–Crippen MR) is 121 cm³/mol. The van der Waals surface area contributed by atoms with Crippen molar-refractivity contribution >= 4 is 5.91 Å². The van der Waals surface area contributed by atoms with Crippen LogP contribution in [0.5, 0.6) is 0 Å². The van der Waals surface area contributed by atoms with E-state index in [-0.39, 0.29) is 5.91 Å². The first kappa shape index (κ1) is 23.0. The van der Waals surface area contributed by atoms with Crippen molar-refractivity contribution in [2.75, 3.05) is 13.1 Å². The molecule has 0 radical (unpaired) electrons. The molecule has 2 rings (SSSR count). The number of rotatable bonds is 14. The Morgan fingerprint density at radius 2 is 1.29 bits per heavy atom. The second-order valence-electron chi connectivity index (χ2n) is 8.65. The Hall–Kier alpha value is -1.31. The van der Waals surface area contributed by atoms with Crippen molar-refractivity contribution < 1.29 is 4.79 Å². The topological polar surface area (TPSA) is 20.3 Å². The summed E-state index contributed by atoms with van der Waals surface area (Å²) in [7, 11) is 0. The highest BCUT2D eigenvalue weighted by molar-refractivity contribution is 5.95. The molecule has 1 aliphatic rings. The third-order valence-electron chi connectivity index (χ3n) is 6.19. The zero-order valence-corrected chi connectivity index (χ0v) is 18.4. The van der Waals surface area contributed by atoms with Gasteiger partial charge < -0.3 is 4.90 Å². The van der Waals surface area contributed by atoms with Crippen molar-refractivity contribution in [3.05, 3.63) is 35.4 Å². The summed E-state index contributed by atoms with van der Waals surface area (Å²) in [5.41, 5.74) is 2.21. The molecule has 0 aliphatic carbocycles. The lowest BCUT2D eigenvalue weighted by Crippen LogP contribution is -2.36. The number of piperidine rings is 1. The summed E-state index contributed by atoms with van der Waals surface area (Å²) in [5, 5.41) is 0. The quantitative estimate of drug-likeness (QED) is 0.303. The maximum Gasteiger partial charge on any atom is 0.254 e. The molecule has 1 fully saturated rings. The molecule has 1 saturated heterocycles. The van der Waals surface area contributed by atoms with Crippen LogP contribution in [0.1, 0.15) is 119 Å². The average Bonchev–Trinajstić information content (AvgIpc) is 2.75. The van der Waals surface area contributed by atoms with Crippen molar-refractivity contribution in [1.29, 1.82) is 0 Å². The summed E-state index contributed by atoms with van der Waals surface area (Å²) in [6, 6.07) is 8.30. The minimum absolute atomic E-state index is 0.259. The molecule has 0 N–H and O–H groups in total. The van der Waals surface area contributed by atoms with Gasteiger partial charge in [0, 0.05) is 18.7 Å². The van der Waals surface area contributed by atoms with Crippen LogP contribution in [0.25, 0.3) is 0 Å². The molecule has 2 heteroatoms. The van der Waals surface area contributed by atoms with Crippen LogP contribution >= 0.6 is 0 Å². The van der Waals surface area contributed by atoms with E-state index in [9.17, 15) is 4.79 Å². The fraction of sp³-hybridized carbons (Fsp3) is 0.731. The van der Waals surface area contributed by atoms with E-state index in [1.807, 2.05) is 12.1 Å². The average molecular weight is 386 g/mol. The largest absolute Gasteiger partial charge is 0.339 e. The molecule has 1 heterocycles. The van der Waals surface area contributed by atoms with Gasteiger partial charge >= 0.3 is 0 Å². The van der Waals surface area contributed by atoms with E-state index >= 15 is 0 Å². The summed E-state index contributed by atoms with van der Waals surface area (Å²) >= 11 is 0. The lowest BCUT2D eigenvalue weighted by Gasteiger charge is -2.27. The molecular formula is C26H43NO.